The predicted molar refractivity (Wildman–Crippen MR) is 105 cm³/mol. The molecule has 0 saturated carbocycles. The van der Waals surface area contributed by atoms with Gasteiger partial charge in [0.1, 0.15) is 5.69 Å². The van der Waals surface area contributed by atoms with Gasteiger partial charge in [-0.25, -0.2) is 9.97 Å². The first-order valence-electron chi connectivity index (χ1n) is 8.79. The van der Waals surface area contributed by atoms with Crippen molar-refractivity contribution in [3.8, 4) is 0 Å². The van der Waals surface area contributed by atoms with Crippen LogP contribution in [-0.4, -0.2) is 29.0 Å². The SMILES string of the molecule is O=C(Nc1cccnc1N1CCCC1)c1csc(Cc2ccccc2)n1. The highest BCUT2D eigenvalue weighted by molar-refractivity contribution is 7.09. The summed E-state index contributed by atoms with van der Waals surface area (Å²) in [5, 5.41) is 5.74. The Bertz CT molecular complexity index is 888. The molecule has 1 fully saturated rings. The van der Waals surface area contributed by atoms with Crippen LogP contribution in [0.5, 0.6) is 0 Å². The molecule has 0 atom stereocenters. The van der Waals surface area contributed by atoms with Gasteiger partial charge in [-0.1, -0.05) is 30.3 Å². The van der Waals surface area contributed by atoms with Gasteiger partial charge >= 0.3 is 0 Å². The second-order valence-corrected chi connectivity index (χ2v) is 7.25. The third kappa shape index (κ3) is 3.75. The lowest BCUT2D eigenvalue weighted by molar-refractivity contribution is 0.102. The number of anilines is 2. The molecule has 0 spiro atoms. The largest absolute Gasteiger partial charge is 0.355 e. The van der Waals surface area contributed by atoms with Crippen molar-refractivity contribution in [1.29, 1.82) is 0 Å². The summed E-state index contributed by atoms with van der Waals surface area (Å²) in [5.74, 6) is 0.659. The van der Waals surface area contributed by atoms with Crippen LogP contribution in [0.15, 0.2) is 54.0 Å². The Hall–Kier alpha value is -2.73. The summed E-state index contributed by atoms with van der Waals surface area (Å²) < 4.78 is 0. The molecular weight excluding hydrogens is 344 g/mol. The van der Waals surface area contributed by atoms with Gasteiger partial charge in [-0.15, -0.1) is 11.3 Å². The zero-order valence-electron chi connectivity index (χ0n) is 14.4. The Kier molecular flexibility index (Phi) is 4.93. The number of thiazole rings is 1. The minimum Gasteiger partial charge on any atom is -0.355 e. The van der Waals surface area contributed by atoms with E-state index in [1.807, 2.05) is 35.7 Å². The normalized spacial score (nSPS) is 13.8. The lowest BCUT2D eigenvalue weighted by Crippen LogP contribution is -2.22. The molecule has 0 unspecified atom stereocenters. The van der Waals surface area contributed by atoms with Crippen molar-refractivity contribution in [2.45, 2.75) is 19.3 Å². The molecule has 5 nitrogen and oxygen atoms in total. The third-order valence-corrected chi connectivity index (χ3v) is 5.27. The maximum Gasteiger partial charge on any atom is 0.275 e. The molecule has 1 aromatic carbocycles. The molecule has 0 aliphatic carbocycles. The number of carbonyl (C=O) groups is 1. The molecule has 1 amide bonds. The lowest BCUT2D eigenvalue weighted by atomic mass is 10.2. The van der Waals surface area contributed by atoms with E-state index < -0.39 is 0 Å². The van der Waals surface area contributed by atoms with Crippen LogP contribution in [0.3, 0.4) is 0 Å². The molecule has 2 aromatic heterocycles. The van der Waals surface area contributed by atoms with E-state index in [0.717, 1.165) is 36.0 Å². The van der Waals surface area contributed by atoms with Crippen LogP contribution in [0.4, 0.5) is 11.5 Å². The average molecular weight is 364 g/mol. The summed E-state index contributed by atoms with van der Waals surface area (Å²) in [5.41, 5.74) is 2.39. The Morgan fingerprint density at radius 2 is 1.92 bits per heavy atom. The van der Waals surface area contributed by atoms with Gasteiger partial charge in [-0.05, 0) is 30.5 Å². The number of aromatic nitrogens is 2. The van der Waals surface area contributed by atoms with Gasteiger partial charge in [-0.3, -0.25) is 4.79 Å². The van der Waals surface area contributed by atoms with Crippen LogP contribution < -0.4 is 10.2 Å². The fraction of sp³-hybridized carbons (Fsp3) is 0.250. The molecule has 1 N–H and O–H groups in total. The van der Waals surface area contributed by atoms with Gasteiger partial charge in [0.15, 0.2) is 5.82 Å². The number of hydrogen-bond acceptors (Lipinski definition) is 5. The highest BCUT2D eigenvalue weighted by atomic mass is 32.1. The smallest absolute Gasteiger partial charge is 0.275 e. The molecule has 1 saturated heterocycles. The Balaban J connectivity index is 1.47. The van der Waals surface area contributed by atoms with E-state index in [0.29, 0.717) is 5.69 Å². The minimum absolute atomic E-state index is 0.186. The number of nitrogens with zero attached hydrogens (tertiary/aromatic N) is 3. The molecule has 0 radical (unpaired) electrons. The minimum atomic E-state index is -0.186. The first-order chi connectivity index (χ1) is 12.8. The van der Waals surface area contributed by atoms with Crippen molar-refractivity contribution in [1.82, 2.24) is 9.97 Å². The maximum absolute atomic E-state index is 12.6. The zero-order valence-corrected chi connectivity index (χ0v) is 15.2. The van der Waals surface area contributed by atoms with E-state index in [2.05, 4.69) is 32.3 Å². The number of amides is 1. The van der Waals surface area contributed by atoms with Crippen LogP contribution in [0.25, 0.3) is 0 Å². The van der Waals surface area contributed by atoms with Crippen molar-refractivity contribution in [3.05, 3.63) is 70.3 Å². The molecule has 0 bridgehead atoms. The second-order valence-electron chi connectivity index (χ2n) is 6.31. The molecule has 1 aliphatic heterocycles. The molecule has 26 heavy (non-hydrogen) atoms. The summed E-state index contributed by atoms with van der Waals surface area (Å²) in [4.78, 5) is 23.8. The average Bonchev–Trinajstić information content (AvgIpc) is 3.35. The standard InChI is InChI=1S/C20H20N4OS/c25-20(17-14-26-18(22-17)13-15-7-2-1-3-8-15)23-16-9-6-10-21-19(16)24-11-4-5-12-24/h1-3,6-10,14H,4-5,11-13H2,(H,23,25). The third-order valence-electron chi connectivity index (χ3n) is 4.42. The number of carbonyl (C=O) groups excluding carboxylic acids is 1. The second kappa shape index (κ2) is 7.66. The molecule has 1 aliphatic rings. The van der Waals surface area contributed by atoms with Crippen molar-refractivity contribution in [2.75, 3.05) is 23.3 Å². The molecule has 6 heteroatoms. The van der Waals surface area contributed by atoms with E-state index in [1.165, 1.54) is 29.7 Å². The van der Waals surface area contributed by atoms with E-state index in [4.69, 9.17) is 0 Å². The summed E-state index contributed by atoms with van der Waals surface area (Å²) in [6.07, 6.45) is 4.84. The topological polar surface area (TPSA) is 58.1 Å². The van der Waals surface area contributed by atoms with Gasteiger partial charge < -0.3 is 10.2 Å². The van der Waals surface area contributed by atoms with Gasteiger partial charge in [-0.2, -0.15) is 0 Å². The number of pyridine rings is 1. The van der Waals surface area contributed by atoms with Gasteiger partial charge in [0.2, 0.25) is 0 Å². The van der Waals surface area contributed by atoms with E-state index in [1.54, 1.807) is 6.20 Å². The summed E-state index contributed by atoms with van der Waals surface area (Å²) in [6, 6.07) is 13.9. The lowest BCUT2D eigenvalue weighted by Gasteiger charge is -2.19. The van der Waals surface area contributed by atoms with Crippen LogP contribution >= 0.6 is 11.3 Å². The number of benzene rings is 1. The molecule has 3 aromatic rings. The summed E-state index contributed by atoms with van der Waals surface area (Å²) in [6.45, 7) is 1.97. The molecular formula is C20H20N4OS. The molecule has 132 valence electrons. The maximum atomic E-state index is 12.6. The van der Waals surface area contributed by atoms with Crippen molar-refractivity contribution in [2.24, 2.45) is 0 Å². The van der Waals surface area contributed by atoms with Gasteiger partial charge in [0, 0.05) is 31.1 Å². The predicted octanol–water partition coefficient (Wildman–Crippen LogP) is 3.98. The quantitative estimate of drug-likeness (QED) is 0.744. The Morgan fingerprint density at radius 3 is 2.73 bits per heavy atom. The van der Waals surface area contributed by atoms with Gasteiger partial charge in [0.25, 0.3) is 5.91 Å². The first kappa shape index (κ1) is 16.7. The number of nitrogens with one attached hydrogen (secondary N) is 1. The highest BCUT2D eigenvalue weighted by Crippen LogP contribution is 2.26. The number of rotatable bonds is 5. The summed E-state index contributed by atoms with van der Waals surface area (Å²) in [7, 11) is 0. The monoisotopic (exact) mass is 364 g/mol. The van der Waals surface area contributed by atoms with E-state index >= 15 is 0 Å². The van der Waals surface area contributed by atoms with Gasteiger partial charge in [0.05, 0.1) is 10.7 Å². The Morgan fingerprint density at radius 1 is 1.12 bits per heavy atom. The fourth-order valence-corrected chi connectivity index (χ4v) is 3.94. The highest BCUT2D eigenvalue weighted by Gasteiger charge is 2.19. The molecule has 4 rings (SSSR count). The first-order valence-corrected chi connectivity index (χ1v) is 9.67. The van der Waals surface area contributed by atoms with Crippen LogP contribution in [0.1, 0.15) is 33.9 Å². The van der Waals surface area contributed by atoms with Crippen molar-refractivity contribution < 1.29 is 4.79 Å². The number of hydrogen-bond donors (Lipinski definition) is 1. The fourth-order valence-electron chi connectivity index (χ4n) is 3.13. The van der Waals surface area contributed by atoms with E-state index in [-0.39, 0.29) is 5.91 Å². The summed E-state index contributed by atoms with van der Waals surface area (Å²) >= 11 is 1.51. The van der Waals surface area contributed by atoms with Crippen molar-refractivity contribution in [3.63, 3.8) is 0 Å². The van der Waals surface area contributed by atoms with Crippen LogP contribution in [0.2, 0.25) is 0 Å². The Labute approximate surface area is 156 Å². The van der Waals surface area contributed by atoms with E-state index in [9.17, 15) is 4.79 Å². The van der Waals surface area contributed by atoms with Crippen LogP contribution in [0, 0.1) is 0 Å². The molecule has 3 heterocycles. The van der Waals surface area contributed by atoms with Crippen LogP contribution in [-0.2, 0) is 6.42 Å². The van der Waals surface area contributed by atoms with Crippen molar-refractivity contribution >= 4 is 28.7 Å². The zero-order chi connectivity index (χ0) is 17.8.